The van der Waals surface area contributed by atoms with Gasteiger partial charge >= 0.3 is 0 Å². The molecule has 0 aliphatic rings. The quantitative estimate of drug-likeness (QED) is 0.804. The highest BCUT2D eigenvalue weighted by molar-refractivity contribution is 7.15. The molecule has 2 N–H and O–H groups in total. The van der Waals surface area contributed by atoms with Crippen molar-refractivity contribution in [2.75, 3.05) is 0 Å². The first-order valence-electron chi connectivity index (χ1n) is 5.80. The van der Waals surface area contributed by atoms with E-state index < -0.39 is 0 Å². The normalized spacial score (nSPS) is 11.1. The van der Waals surface area contributed by atoms with Crippen molar-refractivity contribution in [2.45, 2.75) is 13.5 Å². The Kier molecular flexibility index (Phi) is 3.17. The maximum atomic E-state index is 5.64. The lowest BCUT2D eigenvalue weighted by Gasteiger charge is -1.95. The van der Waals surface area contributed by atoms with E-state index >= 15 is 0 Å². The molecule has 0 aliphatic heterocycles. The zero-order chi connectivity index (χ0) is 13.4. The molecule has 0 bridgehead atoms. The van der Waals surface area contributed by atoms with E-state index in [9.17, 15) is 0 Å². The number of aromatic nitrogens is 4. The van der Waals surface area contributed by atoms with Crippen LogP contribution in [0.25, 0.3) is 21.4 Å². The molecule has 0 amide bonds. The van der Waals surface area contributed by atoms with Gasteiger partial charge in [-0.1, -0.05) is 6.07 Å². The number of hydrogen-bond donors (Lipinski definition) is 1. The maximum absolute atomic E-state index is 5.64. The minimum atomic E-state index is 0.459. The Hall–Kier alpha value is -1.57. The molecule has 0 fully saturated rings. The second-order valence-electron chi connectivity index (χ2n) is 4.09. The van der Waals surface area contributed by atoms with Crippen LogP contribution in [0.2, 0.25) is 0 Å². The van der Waals surface area contributed by atoms with Crippen molar-refractivity contribution in [3.63, 3.8) is 0 Å². The highest BCUT2D eigenvalue weighted by Gasteiger charge is 2.17. The van der Waals surface area contributed by atoms with Crippen molar-refractivity contribution in [1.82, 2.24) is 19.7 Å². The van der Waals surface area contributed by atoms with E-state index in [1.807, 2.05) is 31.5 Å². The van der Waals surface area contributed by atoms with Gasteiger partial charge < -0.3 is 5.73 Å². The van der Waals surface area contributed by atoms with Gasteiger partial charge in [-0.25, -0.2) is 14.6 Å². The summed E-state index contributed by atoms with van der Waals surface area (Å²) in [4.78, 5) is 11.2. The number of thiazole rings is 1. The third-order valence-electron chi connectivity index (χ3n) is 2.72. The second kappa shape index (κ2) is 4.84. The number of hydrogen-bond acceptors (Lipinski definition) is 6. The van der Waals surface area contributed by atoms with Crippen molar-refractivity contribution in [3.8, 4) is 21.4 Å². The minimum Gasteiger partial charge on any atom is -0.325 e. The Morgan fingerprint density at radius 3 is 2.84 bits per heavy atom. The summed E-state index contributed by atoms with van der Waals surface area (Å²) in [6.07, 6.45) is 0. The molecule has 3 heterocycles. The third kappa shape index (κ3) is 2.20. The average molecular weight is 291 g/mol. The topological polar surface area (TPSA) is 69.6 Å². The van der Waals surface area contributed by atoms with Crippen molar-refractivity contribution in [1.29, 1.82) is 0 Å². The summed E-state index contributed by atoms with van der Waals surface area (Å²) in [5.41, 5.74) is 6.59. The van der Waals surface area contributed by atoms with Crippen LogP contribution < -0.4 is 5.73 Å². The van der Waals surface area contributed by atoms with Crippen molar-refractivity contribution < 1.29 is 0 Å². The fraction of sp³-hybridized carbons (Fsp3) is 0.250. The fourth-order valence-electron chi connectivity index (χ4n) is 1.84. The van der Waals surface area contributed by atoms with Gasteiger partial charge in [-0.05, 0) is 18.4 Å². The lowest BCUT2D eigenvalue weighted by atomic mass is 10.4. The standard InChI is InChI=1S/C12H13N5S2/c1-7-10(19-9(6-13)14-7)12-15-11(16-17(12)2)8-4-3-5-18-8/h3-5H,6,13H2,1-2H3. The predicted molar refractivity (Wildman–Crippen MR) is 78.1 cm³/mol. The zero-order valence-electron chi connectivity index (χ0n) is 10.6. The Bertz CT molecular complexity index is 696. The minimum absolute atomic E-state index is 0.459. The van der Waals surface area contributed by atoms with Crippen LogP contribution in [-0.2, 0) is 13.6 Å². The SMILES string of the molecule is Cc1nc(CN)sc1-c1nc(-c2cccs2)nn1C. The number of nitrogens with zero attached hydrogens (tertiary/aromatic N) is 4. The first-order chi connectivity index (χ1) is 9.19. The Morgan fingerprint density at radius 2 is 2.21 bits per heavy atom. The van der Waals surface area contributed by atoms with Crippen LogP contribution in [0, 0.1) is 6.92 Å². The Labute approximate surface area is 118 Å². The van der Waals surface area contributed by atoms with Gasteiger partial charge in [-0.15, -0.1) is 27.8 Å². The van der Waals surface area contributed by atoms with Gasteiger partial charge in [-0.3, -0.25) is 0 Å². The highest BCUT2D eigenvalue weighted by atomic mass is 32.1. The molecule has 98 valence electrons. The van der Waals surface area contributed by atoms with Crippen molar-refractivity contribution in [2.24, 2.45) is 12.8 Å². The van der Waals surface area contributed by atoms with E-state index in [0.29, 0.717) is 6.54 Å². The smallest absolute Gasteiger partial charge is 0.191 e. The maximum Gasteiger partial charge on any atom is 0.191 e. The molecule has 7 heteroatoms. The van der Waals surface area contributed by atoms with E-state index in [-0.39, 0.29) is 0 Å². The third-order valence-corrected chi connectivity index (χ3v) is 4.76. The highest BCUT2D eigenvalue weighted by Crippen LogP contribution is 2.30. The molecular formula is C12H13N5S2. The predicted octanol–water partition coefficient (Wildman–Crippen LogP) is 2.43. The monoisotopic (exact) mass is 291 g/mol. The summed E-state index contributed by atoms with van der Waals surface area (Å²) < 4.78 is 1.80. The number of aryl methyl sites for hydroxylation is 2. The second-order valence-corrected chi connectivity index (χ2v) is 6.12. The van der Waals surface area contributed by atoms with Crippen LogP contribution in [0.15, 0.2) is 17.5 Å². The number of thiophene rings is 1. The van der Waals surface area contributed by atoms with Crippen LogP contribution in [0.1, 0.15) is 10.7 Å². The molecule has 0 unspecified atom stereocenters. The summed E-state index contributed by atoms with van der Waals surface area (Å²) >= 11 is 3.22. The van der Waals surface area contributed by atoms with Gasteiger partial charge in [0.25, 0.3) is 0 Å². The van der Waals surface area contributed by atoms with Gasteiger partial charge in [0.1, 0.15) is 5.01 Å². The molecule has 0 saturated heterocycles. The zero-order valence-corrected chi connectivity index (χ0v) is 12.3. The van der Waals surface area contributed by atoms with Gasteiger partial charge in [-0.2, -0.15) is 0 Å². The fourth-order valence-corrected chi connectivity index (χ4v) is 3.46. The molecular weight excluding hydrogens is 278 g/mol. The summed E-state index contributed by atoms with van der Waals surface area (Å²) in [6, 6.07) is 4.02. The molecule has 0 saturated carbocycles. The molecule has 0 aromatic carbocycles. The van der Waals surface area contributed by atoms with E-state index in [4.69, 9.17) is 5.73 Å². The van der Waals surface area contributed by atoms with Gasteiger partial charge in [0, 0.05) is 13.6 Å². The summed E-state index contributed by atoms with van der Waals surface area (Å²) in [5.74, 6) is 1.60. The lowest BCUT2D eigenvalue weighted by molar-refractivity contribution is 0.778. The van der Waals surface area contributed by atoms with Crippen molar-refractivity contribution >= 4 is 22.7 Å². The van der Waals surface area contributed by atoms with E-state index in [1.54, 1.807) is 27.4 Å². The molecule has 0 spiro atoms. The number of rotatable bonds is 3. The molecule has 5 nitrogen and oxygen atoms in total. The molecule has 3 rings (SSSR count). The van der Waals surface area contributed by atoms with Crippen molar-refractivity contribution in [3.05, 3.63) is 28.2 Å². The Morgan fingerprint density at radius 1 is 1.37 bits per heavy atom. The molecule has 0 atom stereocenters. The average Bonchev–Trinajstić information content (AvgIpc) is 3.08. The van der Waals surface area contributed by atoms with Crippen LogP contribution >= 0.6 is 22.7 Å². The first kappa shape index (κ1) is 12.5. The van der Waals surface area contributed by atoms with Gasteiger partial charge in [0.05, 0.1) is 15.4 Å². The molecule has 19 heavy (non-hydrogen) atoms. The molecule has 3 aromatic rings. The summed E-state index contributed by atoms with van der Waals surface area (Å²) in [6.45, 7) is 2.44. The Balaban J connectivity index is 2.08. The van der Waals surface area contributed by atoms with E-state index in [0.717, 1.165) is 32.1 Å². The molecule has 3 aromatic heterocycles. The first-order valence-corrected chi connectivity index (χ1v) is 7.50. The molecule has 0 radical (unpaired) electrons. The van der Waals surface area contributed by atoms with Gasteiger partial charge in [0.2, 0.25) is 0 Å². The summed E-state index contributed by atoms with van der Waals surface area (Å²) in [7, 11) is 1.90. The molecule has 0 aliphatic carbocycles. The summed E-state index contributed by atoms with van der Waals surface area (Å²) in [5, 5.41) is 7.42. The van der Waals surface area contributed by atoms with E-state index in [1.165, 1.54) is 0 Å². The largest absolute Gasteiger partial charge is 0.325 e. The van der Waals surface area contributed by atoms with E-state index in [2.05, 4.69) is 15.1 Å². The van der Waals surface area contributed by atoms with Crippen LogP contribution in [0.4, 0.5) is 0 Å². The van der Waals surface area contributed by atoms with Crippen LogP contribution in [-0.4, -0.2) is 19.7 Å². The number of nitrogens with two attached hydrogens (primary N) is 1. The van der Waals surface area contributed by atoms with Gasteiger partial charge in [0.15, 0.2) is 11.6 Å². The van der Waals surface area contributed by atoms with Crippen LogP contribution in [0.5, 0.6) is 0 Å². The lowest BCUT2D eigenvalue weighted by Crippen LogP contribution is -1.94. The van der Waals surface area contributed by atoms with Crippen LogP contribution in [0.3, 0.4) is 0 Å².